The summed E-state index contributed by atoms with van der Waals surface area (Å²) in [5, 5.41) is 0. The van der Waals surface area contributed by atoms with Crippen LogP contribution >= 0.6 is 11.6 Å². The molecule has 0 aromatic rings. The highest BCUT2D eigenvalue weighted by Crippen LogP contribution is 2.23. The first kappa shape index (κ1) is 11.2. The summed E-state index contributed by atoms with van der Waals surface area (Å²) in [6.45, 7) is 1.98. The fourth-order valence-electron chi connectivity index (χ4n) is 1.47. The molecule has 0 aromatic heterocycles. The van der Waals surface area contributed by atoms with E-state index in [0.29, 0.717) is 12.2 Å². The summed E-state index contributed by atoms with van der Waals surface area (Å²) < 4.78 is 4.87. The number of esters is 1. The molecule has 0 heterocycles. The molecule has 0 amide bonds. The van der Waals surface area contributed by atoms with Crippen molar-refractivity contribution in [1.82, 2.24) is 0 Å². The molecule has 0 fully saturated rings. The minimum atomic E-state index is -0.499. The van der Waals surface area contributed by atoms with Gasteiger partial charge in [0, 0.05) is 18.4 Å². The maximum absolute atomic E-state index is 11.4. The van der Waals surface area contributed by atoms with Crippen LogP contribution in [0.2, 0.25) is 0 Å². The number of ether oxygens (including phenoxy) is 1. The number of carbonyl (C=O) groups is 2. The van der Waals surface area contributed by atoms with Crippen molar-refractivity contribution in [1.29, 1.82) is 0 Å². The van der Waals surface area contributed by atoms with E-state index >= 15 is 0 Å². The summed E-state index contributed by atoms with van der Waals surface area (Å²) in [5.74, 6) is -0.0847. The highest BCUT2D eigenvalue weighted by molar-refractivity contribution is 6.26. The van der Waals surface area contributed by atoms with E-state index in [-0.39, 0.29) is 17.6 Å². The van der Waals surface area contributed by atoms with Gasteiger partial charge in [-0.15, -0.1) is 11.6 Å². The maximum atomic E-state index is 11.4. The van der Waals surface area contributed by atoms with Gasteiger partial charge in [-0.2, -0.15) is 0 Å². The zero-order valence-electron chi connectivity index (χ0n) is 8.09. The highest BCUT2D eigenvalue weighted by Gasteiger charge is 2.22. The van der Waals surface area contributed by atoms with Crippen LogP contribution in [-0.4, -0.2) is 17.6 Å². The van der Waals surface area contributed by atoms with Gasteiger partial charge >= 0.3 is 5.97 Å². The molecule has 1 rings (SSSR count). The summed E-state index contributed by atoms with van der Waals surface area (Å²) in [6.07, 6.45) is 3.66. The Bertz CT molecular complexity index is 271. The van der Waals surface area contributed by atoms with Crippen LogP contribution in [0, 0.1) is 5.92 Å². The largest absolute Gasteiger partial charge is 0.430 e. The van der Waals surface area contributed by atoms with Crippen LogP contribution < -0.4 is 0 Å². The van der Waals surface area contributed by atoms with Gasteiger partial charge in [0.1, 0.15) is 11.6 Å². The Kier molecular flexibility index (Phi) is 4.14. The molecule has 3 nitrogen and oxygen atoms in total. The molecule has 14 heavy (non-hydrogen) atoms. The monoisotopic (exact) mass is 216 g/mol. The average Bonchev–Trinajstić information content (AvgIpc) is 2.18. The van der Waals surface area contributed by atoms with Gasteiger partial charge in [-0.3, -0.25) is 9.59 Å². The third-order valence-corrected chi connectivity index (χ3v) is 2.51. The first-order valence-electron chi connectivity index (χ1n) is 4.68. The van der Waals surface area contributed by atoms with E-state index in [2.05, 4.69) is 0 Å². The maximum Gasteiger partial charge on any atom is 0.325 e. The van der Waals surface area contributed by atoms with Gasteiger partial charge < -0.3 is 4.74 Å². The van der Waals surface area contributed by atoms with Crippen LogP contribution in [0.15, 0.2) is 11.8 Å². The average molecular weight is 217 g/mol. The zero-order valence-corrected chi connectivity index (χ0v) is 8.84. The molecule has 0 N–H and O–H groups in total. The Hall–Kier alpha value is -0.830. The molecule has 0 radical (unpaired) electrons. The quantitative estimate of drug-likeness (QED) is 0.536. The lowest BCUT2D eigenvalue weighted by atomic mass is 9.90. The summed E-state index contributed by atoms with van der Waals surface area (Å²) in [7, 11) is 0. The zero-order chi connectivity index (χ0) is 10.6. The minimum absolute atomic E-state index is 0.0520. The van der Waals surface area contributed by atoms with Crippen molar-refractivity contribution in [3.8, 4) is 0 Å². The first-order chi connectivity index (χ1) is 6.67. The molecule has 1 unspecified atom stereocenters. The van der Waals surface area contributed by atoms with Gasteiger partial charge in [0.15, 0.2) is 5.78 Å². The molecule has 0 saturated carbocycles. The fourth-order valence-corrected chi connectivity index (χ4v) is 1.52. The number of allylic oxidation sites excluding steroid dienone is 2. The minimum Gasteiger partial charge on any atom is -0.430 e. The normalized spacial score (nSPS) is 21.7. The number of hydrogen-bond donors (Lipinski definition) is 0. The summed E-state index contributed by atoms with van der Waals surface area (Å²) in [5.41, 5.74) is 0. The van der Waals surface area contributed by atoms with Crippen LogP contribution in [0.5, 0.6) is 0 Å². The lowest BCUT2D eigenvalue weighted by molar-refractivity contribution is -0.137. The Morgan fingerprint density at radius 2 is 2.43 bits per heavy atom. The molecule has 1 aliphatic rings. The van der Waals surface area contributed by atoms with Gasteiger partial charge in [0.25, 0.3) is 0 Å². The lowest BCUT2D eigenvalue weighted by Crippen LogP contribution is -2.19. The number of ketones is 1. The fraction of sp³-hybridized carbons (Fsp3) is 0.600. The Morgan fingerprint density at radius 1 is 1.71 bits per heavy atom. The van der Waals surface area contributed by atoms with E-state index in [1.54, 1.807) is 0 Å². The Labute approximate surface area is 88.1 Å². The van der Waals surface area contributed by atoms with Crippen molar-refractivity contribution in [2.75, 3.05) is 5.88 Å². The third-order valence-electron chi connectivity index (χ3n) is 2.29. The molecular weight excluding hydrogens is 204 g/mol. The molecule has 0 bridgehead atoms. The SMILES string of the molecule is CCC1CCC(OC(=O)CCl)=CC1=O. The molecule has 0 saturated heterocycles. The molecule has 0 aliphatic heterocycles. The summed E-state index contributed by atoms with van der Waals surface area (Å²) >= 11 is 5.28. The van der Waals surface area contributed by atoms with Crippen LogP contribution in [0.3, 0.4) is 0 Å². The van der Waals surface area contributed by atoms with E-state index in [4.69, 9.17) is 16.3 Å². The summed E-state index contributed by atoms with van der Waals surface area (Å²) in [4.78, 5) is 22.2. The van der Waals surface area contributed by atoms with Crippen LogP contribution in [0.25, 0.3) is 0 Å². The number of alkyl halides is 1. The molecule has 1 aliphatic carbocycles. The molecular formula is C10H13ClO3. The lowest BCUT2D eigenvalue weighted by Gasteiger charge is -2.18. The van der Waals surface area contributed by atoms with Crippen molar-refractivity contribution in [3.63, 3.8) is 0 Å². The van der Waals surface area contributed by atoms with Crippen molar-refractivity contribution < 1.29 is 14.3 Å². The predicted molar refractivity (Wildman–Crippen MR) is 52.9 cm³/mol. The van der Waals surface area contributed by atoms with Crippen molar-refractivity contribution in [2.45, 2.75) is 26.2 Å². The molecule has 1 atom stereocenters. The molecule has 78 valence electrons. The van der Waals surface area contributed by atoms with Gasteiger partial charge in [-0.1, -0.05) is 6.92 Å². The Morgan fingerprint density at radius 3 is 2.93 bits per heavy atom. The molecule has 0 spiro atoms. The van der Waals surface area contributed by atoms with Crippen molar-refractivity contribution in [2.24, 2.45) is 5.92 Å². The first-order valence-corrected chi connectivity index (χ1v) is 5.22. The molecule has 0 aromatic carbocycles. The Balaban J connectivity index is 2.57. The van der Waals surface area contributed by atoms with E-state index < -0.39 is 5.97 Å². The highest BCUT2D eigenvalue weighted by atomic mass is 35.5. The van der Waals surface area contributed by atoms with E-state index in [9.17, 15) is 9.59 Å². The summed E-state index contributed by atoms with van der Waals surface area (Å²) in [6, 6.07) is 0. The smallest absolute Gasteiger partial charge is 0.325 e. The predicted octanol–water partition coefficient (Wildman–Crippen LogP) is 2.04. The van der Waals surface area contributed by atoms with Gasteiger partial charge in [-0.05, 0) is 12.8 Å². The van der Waals surface area contributed by atoms with Crippen molar-refractivity contribution >= 4 is 23.4 Å². The van der Waals surface area contributed by atoms with Crippen molar-refractivity contribution in [3.05, 3.63) is 11.8 Å². The van der Waals surface area contributed by atoms with Crippen LogP contribution in [0.4, 0.5) is 0 Å². The van der Waals surface area contributed by atoms with Gasteiger partial charge in [0.2, 0.25) is 0 Å². The van der Waals surface area contributed by atoms with E-state index in [0.717, 1.165) is 12.8 Å². The second kappa shape index (κ2) is 5.15. The standard InChI is InChI=1S/C10H13ClO3/c1-2-7-3-4-8(5-9(7)12)14-10(13)6-11/h5,7H,2-4,6H2,1H3. The number of rotatable bonds is 3. The van der Waals surface area contributed by atoms with Crippen LogP contribution in [-0.2, 0) is 14.3 Å². The van der Waals surface area contributed by atoms with Gasteiger partial charge in [-0.25, -0.2) is 0 Å². The number of halogens is 1. The van der Waals surface area contributed by atoms with Crippen LogP contribution in [0.1, 0.15) is 26.2 Å². The second-order valence-electron chi connectivity index (χ2n) is 3.26. The topological polar surface area (TPSA) is 43.4 Å². The van der Waals surface area contributed by atoms with E-state index in [1.165, 1.54) is 6.08 Å². The van der Waals surface area contributed by atoms with E-state index in [1.807, 2.05) is 6.92 Å². The molecule has 4 heteroatoms. The number of hydrogen-bond acceptors (Lipinski definition) is 3. The third kappa shape index (κ3) is 2.84. The second-order valence-corrected chi connectivity index (χ2v) is 3.53. The number of carbonyl (C=O) groups excluding carboxylic acids is 2. The van der Waals surface area contributed by atoms with Gasteiger partial charge in [0.05, 0.1) is 0 Å².